The van der Waals surface area contributed by atoms with Crippen LogP contribution in [0.4, 0.5) is 8.78 Å². The predicted octanol–water partition coefficient (Wildman–Crippen LogP) is 4.74. The lowest BCUT2D eigenvalue weighted by Crippen LogP contribution is -2.36. The van der Waals surface area contributed by atoms with Gasteiger partial charge in [-0.15, -0.1) is 0 Å². The number of aliphatic imine (C=N–C) groups is 1. The fraction of sp³-hybridized carbons (Fsp3) is 0.333. The van der Waals surface area contributed by atoms with E-state index in [-0.39, 0.29) is 34.6 Å². The van der Waals surface area contributed by atoms with Gasteiger partial charge in [0.15, 0.2) is 17.3 Å². The second-order valence-corrected chi connectivity index (χ2v) is 10.2. The van der Waals surface area contributed by atoms with Crippen LogP contribution in [0, 0.1) is 23.0 Å². The van der Waals surface area contributed by atoms with Crippen LogP contribution < -0.4 is 19.9 Å². The van der Waals surface area contributed by atoms with E-state index < -0.39 is 35.3 Å². The second kappa shape index (κ2) is 12.5. The lowest BCUT2D eigenvalue weighted by atomic mass is 9.86. The van der Waals surface area contributed by atoms with Crippen molar-refractivity contribution in [1.82, 2.24) is 9.88 Å². The Morgan fingerprint density at radius 1 is 1.12 bits per heavy atom. The minimum Gasteiger partial charge on any atom is -0.504 e. The fourth-order valence-corrected chi connectivity index (χ4v) is 5.08. The van der Waals surface area contributed by atoms with Gasteiger partial charge in [-0.2, -0.15) is 4.39 Å². The molecule has 1 saturated carbocycles. The van der Waals surface area contributed by atoms with Gasteiger partial charge in [0.2, 0.25) is 11.6 Å². The molecule has 1 aliphatic carbocycles. The van der Waals surface area contributed by atoms with E-state index in [1.807, 2.05) is 11.9 Å². The molecule has 13 heteroatoms. The van der Waals surface area contributed by atoms with Gasteiger partial charge >= 0.3 is 5.97 Å². The minimum absolute atomic E-state index is 0.0874. The number of hydrogen-bond donors (Lipinski definition) is 3. The molecule has 2 heterocycles. The number of esters is 1. The highest BCUT2D eigenvalue weighted by atomic mass is 19.1. The van der Waals surface area contributed by atoms with Crippen LogP contribution in [0.1, 0.15) is 36.8 Å². The van der Waals surface area contributed by atoms with Crippen LogP contribution in [0.25, 0.3) is 0 Å². The van der Waals surface area contributed by atoms with Crippen LogP contribution in [0.3, 0.4) is 0 Å². The summed E-state index contributed by atoms with van der Waals surface area (Å²) >= 11 is 0. The fourth-order valence-electron chi connectivity index (χ4n) is 5.08. The van der Waals surface area contributed by atoms with Gasteiger partial charge in [-0.3, -0.25) is 15.2 Å². The van der Waals surface area contributed by atoms with Crippen LogP contribution in [0.15, 0.2) is 47.6 Å². The number of halogens is 2. The summed E-state index contributed by atoms with van der Waals surface area (Å²) in [6.07, 6.45) is 3.47. The molecule has 43 heavy (non-hydrogen) atoms. The number of ether oxygens (including phenoxy) is 4. The van der Waals surface area contributed by atoms with Gasteiger partial charge in [0.05, 0.1) is 31.3 Å². The Morgan fingerprint density at radius 2 is 1.91 bits per heavy atom. The van der Waals surface area contributed by atoms with Crippen LogP contribution in [-0.4, -0.2) is 66.0 Å². The Hall–Kier alpha value is -4.94. The van der Waals surface area contributed by atoms with Gasteiger partial charge in [-0.25, -0.2) is 9.37 Å². The van der Waals surface area contributed by atoms with E-state index in [9.17, 15) is 14.3 Å². The van der Waals surface area contributed by atoms with Gasteiger partial charge < -0.3 is 34.7 Å². The first kappa shape index (κ1) is 29.5. The molecule has 4 N–H and O–H groups in total. The summed E-state index contributed by atoms with van der Waals surface area (Å²) in [4.78, 5) is 22.4. The maximum absolute atomic E-state index is 15.6. The Labute approximate surface area is 246 Å². The molecule has 3 aromatic rings. The number of hydrogen-bond acceptors (Lipinski definition) is 10. The maximum Gasteiger partial charge on any atom is 0.312 e. The second-order valence-electron chi connectivity index (χ2n) is 10.2. The van der Waals surface area contributed by atoms with Crippen molar-refractivity contribution in [3.8, 4) is 34.6 Å². The average molecular weight is 596 g/mol. The number of nitrogens with two attached hydrogens (primary N) is 1. The molecule has 0 saturated heterocycles. The zero-order chi connectivity index (χ0) is 30.7. The van der Waals surface area contributed by atoms with Crippen LogP contribution >= 0.6 is 0 Å². The van der Waals surface area contributed by atoms with Crippen molar-refractivity contribution < 1.29 is 37.6 Å². The number of pyridine rings is 1. The largest absolute Gasteiger partial charge is 0.504 e. The van der Waals surface area contributed by atoms with Crippen molar-refractivity contribution in [2.45, 2.75) is 31.8 Å². The molecule has 0 bridgehead atoms. The van der Waals surface area contributed by atoms with Gasteiger partial charge in [0.25, 0.3) is 5.88 Å². The number of carbonyl (C=O) groups excluding carboxylic acids is 1. The summed E-state index contributed by atoms with van der Waals surface area (Å²) < 4.78 is 53.0. The van der Waals surface area contributed by atoms with Crippen molar-refractivity contribution in [3.05, 3.63) is 65.4 Å². The number of phenolic OH excluding ortho intramolecular Hbond substituents is 1. The highest BCUT2D eigenvalue weighted by molar-refractivity contribution is 6.02. The Balaban J connectivity index is 1.47. The molecule has 11 nitrogen and oxygen atoms in total. The molecule has 1 aliphatic heterocycles. The summed E-state index contributed by atoms with van der Waals surface area (Å²) in [5.41, 5.74) is 6.13. The number of likely N-dealkylation sites (N-methyl/N-ethyl adjacent to an activating group) is 1. The summed E-state index contributed by atoms with van der Waals surface area (Å²) in [7, 11) is 3.19. The number of rotatable bonds is 9. The first-order valence-corrected chi connectivity index (χ1v) is 13.7. The standard InChI is InChI=1S/C30H31F2N5O6/c1-37-12-11-35-28(37)19-14-17(41-22-6-4-3-5-18(22)30(39)40-2)8-10-23(19)42-26-20(31)15-36-29(25(26)32)43-24-13-16(27(33)34)7-9-21(24)38/h7-10,13-15,18,22,38H,3-6,11-12H2,1-2H3,(H3,33,34). The molecule has 1 aromatic heterocycles. The lowest BCUT2D eigenvalue weighted by Gasteiger charge is -2.30. The van der Waals surface area contributed by atoms with Gasteiger partial charge in [0.1, 0.15) is 29.3 Å². The molecule has 0 amide bonds. The van der Waals surface area contributed by atoms with E-state index in [0.29, 0.717) is 43.1 Å². The quantitative estimate of drug-likeness (QED) is 0.181. The third kappa shape index (κ3) is 6.30. The van der Waals surface area contributed by atoms with Crippen molar-refractivity contribution in [2.24, 2.45) is 16.6 Å². The maximum atomic E-state index is 15.6. The molecule has 0 spiro atoms. The van der Waals surface area contributed by atoms with Crippen molar-refractivity contribution in [2.75, 3.05) is 27.2 Å². The van der Waals surface area contributed by atoms with Crippen LogP contribution in [0.5, 0.6) is 34.6 Å². The van der Waals surface area contributed by atoms with Gasteiger partial charge in [-0.1, -0.05) is 6.42 Å². The number of amidine groups is 2. The SMILES string of the molecule is COC(=O)C1CCCCC1Oc1ccc(Oc2c(F)cnc(Oc3cc(C(=N)N)ccc3O)c2F)c(C2=NCCN2C)c1. The van der Waals surface area contributed by atoms with Gasteiger partial charge in [-0.05, 0) is 55.7 Å². The molecule has 2 aliphatic rings. The molecule has 2 unspecified atom stereocenters. The molecule has 2 aromatic carbocycles. The number of benzene rings is 2. The van der Waals surface area contributed by atoms with E-state index in [2.05, 4.69) is 9.98 Å². The lowest BCUT2D eigenvalue weighted by molar-refractivity contribution is -0.150. The Morgan fingerprint density at radius 3 is 2.63 bits per heavy atom. The third-order valence-corrected chi connectivity index (χ3v) is 7.33. The molecule has 2 atom stereocenters. The van der Waals surface area contributed by atoms with Gasteiger partial charge in [0, 0.05) is 19.2 Å². The monoisotopic (exact) mass is 595 g/mol. The highest BCUT2D eigenvalue weighted by Crippen LogP contribution is 2.39. The number of aromatic nitrogens is 1. The molecule has 226 valence electrons. The van der Waals surface area contributed by atoms with E-state index in [0.717, 1.165) is 19.0 Å². The third-order valence-electron chi connectivity index (χ3n) is 7.33. The minimum atomic E-state index is -1.26. The molecule has 1 fully saturated rings. The zero-order valence-electron chi connectivity index (χ0n) is 23.6. The van der Waals surface area contributed by atoms with Crippen molar-refractivity contribution in [3.63, 3.8) is 0 Å². The number of nitrogens with zero attached hydrogens (tertiary/aromatic N) is 3. The predicted molar refractivity (Wildman–Crippen MR) is 152 cm³/mol. The average Bonchev–Trinajstić information content (AvgIpc) is 3.43. The smallest absolute Gasteiger partial charge is 0.312 e. The first-order valence-electron chi connectivity index (χ1n) is 13.7. The highest BCUT2D eigenvalue weighted by Gasteiger charge is 2.34. The van der Waals surface area contributed by atoms with E-state index in [1.165, 1.54) is 31.4 Å². The number of methoxy groups -OCH3 is 1. The number of aromatic hydroxyl groups is 1. The molecular weight excluding hydrogens is 564 g/mol. The summed E-state index contributed by atoms with van der Waals surface area (Å²) in [6, 6.07) is 8.60. The van der Waals surface area contributed by atoms with Crippen molar-refractivity contribution >= 4 is 17.6 Å². The summed E-state index contributed by atoms with van der Waals surface area (Å²) in [6.45, 7) is 1.15. The number of carbonyl (C=O) groups is 1. The number of phenols is 1. The Bertz CT molecular complexity index is 1580. The summed E-state index contributed by atoms with van der Waals surface area (Å²) in [5, 5.41) is 17.7. The molecule has 0 radical (unpaired) electrons. The van der Waals surface area contributed by atoms with E-state index in [4.69, 9.17) is 30.1 Å². The van der Waals surface area contributed by atoms with E-state index >= 15 is 4.39 Å². The zero-order valence-corrected chi connectivity index (χ0v) is 23.6. The topological polar surface area (TPSA) is 153 Å². The normalized spacial score (nSPS) is 18.1. The molecular formula is C30H31F2N5O6. The Kier molecular flexibility index (Phi) is 8.60. The van der Waals surface area contributed by atoms with E-state index in [1.54, 1.807) is 12.1 Å². The number of nitrogen functional groups attached to an aromatic ring is 1. The summed E-state index contributed by atoms with van der Waals surface area (Å²) in [5.74, 6) is -4.40. The first-order chi connectivity index (χ1) is 20.7. The molecule has 5 rings (SSSR count). The van der Waals surface area contributed by atoms with Crippen LogP contribution in [0.2, 0.25) is 0 Å². The van der Waals surface area contributed by atoms with Crippen LogP contribution in [-0.2, 0) is 9.53 Å². The number of nitrogens with one attached hydrogen (secondary N) is 1. The van der Waals surface area contributed by atoms with Crippen molar-refractivity contribution in [1.29, 1.82) is 5.41 Å².